The van der Waals surface area contributed by atoms with Gasteiger partial charge in [-0.25, -0.2) is 0 Å². The summed E-state index contributed by atoms with van der Waals surface area (Å²) in [5.41, 5.74) is 0. The van der Waals surface area contributed by atoms with Gasteiger partial charge in [0.1, 0.15) is 6.54 Å². The molecule has 0 aliphatic carbocycles. The third-order valence-corrected chi connectivity index (χ3v) is 7.72. The minimum atomic E-state index is -4.57. The number of hydrogen-bond donors (Lipinski definition) is 3. The summed E-state index contributed by atoms with van der Waals surface area (Å²) >= 11 is 0. The summed E-state index contributed by atoms with van der Waals surface area (Å²) in [5.74, 6) is 0. The van der Waals surface area contributed by atoms with Crippen molar-refractivity contribution in [2.24, 2.45) is 0 Å². The second-order valence-electron chi connectivity index (χ2n) is 11.1. The molecule has 0 aromatic rings. The van der Waals surface area contributed by atoms with E-state index in [1.54, 1.807) is 0 Å². The van der Waals surface area contributed by atoms with Gasteiger partial charge >= 0.3 is 7.60 Å². The van der Waals surface area contributed by atoms with Gasteiger partial charge in [0, 0.05) is 0 Å². The highest BCUT2D eigenvalue weighted by Gasteiger charge is 2.48. The van der Waals surface area contributed by atoms with Crippen LogP contribution in [-0.4, -0.2) is 52.4 Å². The molecular weight excluding hydrogens is 445 g/mol. The van der Waals surface area contributed by atoms with Crippen molar-refractivity contribution in [2.45, 2.75) is 128 Å². The Labute approximate surface area is 211 Å². The topological polar surface area (TPSA) is 77.8 Å². The lowest BCUT2D eigenvalue weighted by atomic mass is 10.0. The molecule has 0 rings (SSSR count). The Bertz CT molecular complexity index is 579. The predicted octanol–water partition coefficient (Wildman–Crippen LogP) is 7.71. The van der Waals surface area contributed by atoms with Crippen molar-refractivity contribution in [2.75, 3.05) is 27.7 Å². The van der Waals surface area contributed by atoms with E-state index < -0.39 is 12.9 Å². The zero-order chi connectivity index (χ0) is 25.8. The summed E-state index contributed by atoms with van der Waals surface area (Å²) in [4.78, 5) is 19.2. The number of unbranched alkanes of at least 4 members (excludes halogenated alkanes) is 14. The van der Waals surface area contributed by atoms with Crippen LogP contribution in [0.25, 0.3) is 0 Å². The maximum absolute atomic E-state index is 11.8. The predicted molar refractivity (Wildman–Crippen MR) is 147 cm³/mol. The van der Waals surface area contributed by atoms with E-state index in [0.29, 0.717) is 10.9 Å². The number of hydrogen-bond acceptors (Lipinski definition) is 2. The summed E-state index contributed by atoms with van der Waals surface area (Å²) in [6.07, 6.45) is 30.0. The average molecular weight is 503 g/mol. The average Bonchev–Trinajstić information content (AvgIpc) is 2.73. The van der Waals surface area contributed by atoms with Crippen molar-refractivity contribution in [3.8, 4) is 0 Å². The summed E-state index contributed by atoms with van der Waals surface area (Å²) in [7, 11) is 0.903. The number of quaternary nitrogens is 1. The van der Waals surface area contributed by atoms with Gasteiger partial charge < -0.3 is 19.4 Å². The molecule has 0 amide bonds. The second-order valence-corrected chi connectivity index (χ2v) is 13.0. The van der Waals surface area contributed by atoms with Crippen molar-refractivity contribution in [3.05, 3.63) is 24.3 Å². The van der Waals surface area contributed by atoms with Crippen LogP contribution in [0.15, 0.2) is 24.3 Å². The standard InChI is InChI=1S/C28H56NO4P/c1-5-6-7-8-9-10-11-12-13-14-15-16-17-18-19-20-21-22-23-24-25-26-28(30,34(31,32)33)27-29(2,3)4/h18-19,22-23,30H,5-17,20-21,24-27H2,1-4H3,(H-,31,32,33)/p+1/b19-18-,23-22-. The molecule has 1 atom stereocenters. The Morgan fingerprint density at radius 2 is 1.03 bits per heavy atom. The first-order valence-electron chi connectivity index (χ1n) is 13.9. The van der Waals surface area contributed by atoms with Crippen molar-refractivity contribution < 1.29 is 23.9 Å². The quantitative estimate of drug-likeness (QED) is 0.0578. The van der Waals surface area contributed by atoms with Crippen molar-refractivity contribution in [1.82, 2.24) is 0 Å². The summed E-state index contributed by atoms with van der Waals surface area (Å²) < 4.78 is 12.1. The Morgan fingerprint density at radius 3 is 1.44 bits per heavy atom. The van der Waals surface area contributed by atoms with Gasteiger partial charge in [-0.05, 0) is 44.9 Å². The molecule has 202 valence electrons. The highest BCUT2D eigenvalue weighted by Crippen LogP contribution is 2.52. The molecule has 0 spiro atoms. The van der Waals surface area contributed by atoms with Crippen LogP contribution in [0.1, 0.15) is 122 Å². The third kappa shape index (κ3) is 19.8. The summed E-state index contributed by atoms with van der Waals surface area (Å²) in [5, 5.41) is 8.58. The molecule has 3 N–H and O–H groups in total. The van der Waals surface area contributed by atoms with Gasteiger partial charge in [0.15, 0.2) is 0 Å². The van der Waals surface area contributed by atoms with Crippen LogP contribution in [-0.2, 0) is 4.57 Å². The lowest BCUT2D eigenvalue weighted by molar-refractivity contribution is -0.875. The normalized spacial score (nSPS) is 14.9. The molecule has 0 saturated heterocycles. The SMILES string of the molecule is CCCCCCCCCCCCCC/C=C\CC/C=C\CCCC(O)(C[N+](C)(C)C)P(=O)(O)O. The molecule has 5 nitrogen and oxygen atoms in total. The highest BCUT2D eigenvalue weighted by molar-refractivity contribution is 7.53. The van der Waals surface area contributed by atoms with Crippen LogP contribution in [0.3, 0.4) is 0 Å². The molecule has 0 aromatic carbocycles. The molecule has 0 bridgehead atoms. The van der Waals surface area contributed by atoms with Gasteiger partial charge in [-0.2, -0.15) is 0 Å². The van der Waals surface area contributed by atoms with E-state index in [1.165, 1.54) is 83.5 Å². The van der Waals surface area contributed by atoms with E-state index >= 15 is 0 Å². The molecule has 1 unspecified atom stereocenters. The molecular formula is C28H57NO4P+. The minimum absolute atomic E-state index is 0.0327. The second kappa shape index (κ2) is 19.7. The Kier molecular flexibility index (Phi) is 19.4. The van der Waals surface area contributed by atoms with E-state index in [-0.39, 0.29) is 13.0 Å². The number of rotatable bonds is 23. The lowest BCUT2D eigenvalue weighted by Crippen LogP contribution is -2.49. The monoisotopic (exact) mass is 502 g/mol. The Hall–Kier alpha value is -0.450. The zero-order valence-electron chi connectivity index (χ0n) is 22.9. The van der Waals surface area contributed by atoms with Gasteiger partial charge in [0.25, 0.3) is 0 Å². The van der Waals surface area contributed by atoms with Gasteiger partial charge in [0.05, 0.1) is 21.1 Å². The van der Waals surface area contributed by atoms with Gasteiger partial charge in [0.2, 0.25) is 5.34 Å². The van der Waals surface area contributed by atoms with Crippen LogP contribution in [0, 0.1) is 0 Å². The first kappa shape index (κ1) is 33.5. The molecule has 0 aromatic heterocycles. The lowest BCUT2D eigenvalue weighted by Gasteiger charge is -2.35. The first-order valence-corrected chi connectivity index (χ1v) is 15.5. The first-order chi connectivity index (χ1) is 16.0. The van der Waals surface area contributed by atoms with Crippen molar-refractivity contribution >= 4 is 7.60 Å². The summed E-state index contributed by atoms with van der Waals surface area (Å²) in [6.45, 7) is 2.31. The Balaban J connectivity index is 3.66. The summed E-state index contributed by atoms with van der Waals surface area (Å²) in [6, 6.07) is 0. The number of likely N-dealkylation sites (N-methyl/N-ethyl adjacent to an activating group) is 1. The number of aliphatic hydroxyl groups is 1. The van der Waals surface area contributed by atoms with E-state index in [4.69, 9.17) is 0 Å². The fourth-order valence-electron chi connectivity index (χ4n) is 4.35. The molecule has 0 radical (unpaired) electrons. The number of allylic oxidation sites excluding steroid dienone is 4. The maximum atomic E-state index is 11.8. The van der Waals surface area contributed by atoms with Gasteiger partial charge in [-0.15, -0.1) is 0 Å². The van der Waals surface area contributed by atoms with Crippen LogP contribution in [0.2, 0.25) is 0 Å². The van der Waals surface area contributed by atoms with E-state index in [0.717, 1.165) is 19.3 Å². The van der Waals surface area contributed by atoms with E-state index in [2.05, 4.69) is 31.2 Å². The maximum Gasteiger partial charge on any atom is 0.362 e. The van der Waals surface area contributed by atoms with Gasteiger partial charge in [-0.3, -0.25) is 4.57 Å². The zero-order valence-corrected chi connectivity index (χ0v) is 23.8. The number of nitrogens with zero attached hydrogens (tertiary/aromatic N) is 1. The Morgan fingerprint density at radius 1 is 0.647 bits per heavy atom. The van der Waals surface area contributed by atoms with Crippen molar-refractivity contribution in [1.29, 1.82) is 0 Å². The largest absolute Gasteiger partial charge is 0.373 e. The molecule has 0 aliphatic rings. The fraction of sp³-hybridized carbons (Fsp3) is 0.857. The molecule has 0 fully saturated rings. The smallest absolute Gasteiger partial charge is 0.362 e. The third-order valence-electron chi connectivity index (χ3n) is 6.28. The molecule has 0 heterocycles. The fourth-order valence-corrected chi connectivity index (χ4v) is 5.40. The van der Waals surface area contributed by atoms with Crippen LogP contribution in [0.4, 0.5) is 0 Å². The molecule has 6 heteroatoms. The van der Waals surface area contributed by atoms with E-state index in [9.17, 15) is 19.5 Å². The van der Waals surface area contributed by atoms with Crippen LogP contribution >= 0.6 is 7.60 Å². The molecule has 0 aliphatic heterocycles. The van der Waals surface area contributed by atoms with Crippen molar-refractivity contribution in [3.63, 3.8) is 0 Å². The minimum Gasteiger partial charge on any atom is -0.373 e. The highest BCUT2D eigenvalue weighted by atomic mass is 31.2. The van der Waals surface area contributed by atoms with Crippen LogP contribution in [0.5, 0.6) is 0 Å². The van der Waals surface area contributed by atoms with Crippen LogP contribution < -0.4 is 0 Å². The van der Waals surface area contributed by atoms with E-state index in [1.807, 2.05) is 21.1 Å². The molecule has 34 heavy (non-hydrogen) atoms. The molecule has 0 saturated carbocycles. The van der Waals surface area contributed by atoms with Gasteiger partial charge in [-0.1, -0.05) is 102 Å².